The maximum absolute atomic E-state index is 13.2. The lowest BCUT2D eigenvalue weighted by Gasteiger charge is -2.15. The number of nitrogens with one attached hydrogen (secondary N) is 2. The summed E-state index contributed by atoms with van der Waals surface area (Å²) in [6.45, 7) is 2.37. The highest BCUT2D eigenvalue weighted by atomic mass is 35.5. The summed E-state index contributed by atoms with van der Waals surface area (Å²) in [5.74, 6) is -0.319. The van der Waals surface area contributed by atoms with Crippen LogP contribution in [-0.4, -0.2) is 32.1 Å². The van der Waals surface area contributed by atoms with E-state index in [9.17, 15) is 9.18 Å². The zero-order chi connectivity index (χ0) is 12.7. The molecule has 1 aromatic rings. The topological polar surface area (TPSA) is 50.4 Å². The Labute approximate surface area is 112 Å². The maximum Gasteiger partial charge on any atom is 0.234 e. The van der Waals surface area contributed by atoms with Gasteiger partial charge >= 0.3 is 0 Å². The molecule has 0 radical (unpaired) electrons. The summed E-state index contributed by atoms with van der Waals surface area (Å²) in [5.41, 5.74) is 0. The first-order chi connectivity index (χ1) is 8.13. The second-order valence-corrected chi connectivity index (χ2v) is 3.69. The fraction of sp³-hybridized carbons (Fsp3) is 0.417. The Bertz CT molecular complexity index is 377. The lowest BCUT2D eigenvalue weighted by Crippen LogP contribution is -2.38. The molecule has 0 heterocycles. The molecule has 1 aromatic carbocycles. The van der Waals surface area contributed by atoms with E-state index in [0.29, 0.717) is 6.54 Å². The van der Waals surface area contributed by atoms with Crippen molar-refractivity contribution >= 4 is 18.3 Å². The van der Waals surface area contributed by atoms with Crippen molar-refractivity contribution in [3.63, 3.8) is 0 Å². The van der Waals surface area contributed by atoms with E-state index in [1.54, 1.807) is 32.2 Å². The zero-order valence-corrected chi connectivity index (χ0v) is 11.2. The average molecular weight is 277 g/mol. The lowest BCUT2D eigenvalue weighted by molar-refractivity contribution is -0.120. The predicted octanol–water partition coefficient (Wildman–Crippen LogP) is 1.35. The van der Waals surface area contributed by atoms with Crippen molar-refractivity contribution < 1.29 is 13.9 Å². The fourth-order valence-electron chi connectivity index (χ4n) is 1.28. The number of hydrogen-bond donors (Lipinski definition) is 2. The van der Waals surface area contributed by atoms with Crippen molar-refractivity contribution in [2.24, 2.45) is 0 Å². The normalized spacial score (nSPS) is 11.3. The van der Waals surface area contributed by atoms with Gasteiger partial charge in [0.15, 0.2) is 11.6 Å². The molecule has 0 aromatic heterocycles. The smallest absolute Gasteiger partial charge is 0.234 e. The van der Waals surface area contributed by atoms with Crippen molar-refractivity contribution in [3.05, 3.63) is 30.1 Å². The van der Waals surface area contributed by atoms with Crippen molar-refractivity contribution in [2.45, 2.75) is 13.0 Å². The summed E-state index contributed by atoms with van der Waals surface area (Å²) in [4.78, 5) is 11.2. The number of likely N-dealkylation sites (N-methyl/N-ethyl adjacent to an activating group) is 1. The summed E-state index contributed by atoms with van der Waals surface area (Å²) in [7, 11) is 1.69. The van der Waals surface area contributed by atoms with Crippen LogP contribution in [0, 0.1) is 5.82 Å². The van der Waals surface area contributed by atoms with Crippen LogP contribution in [0.5, 0.6) is 5.75 Å². The molecule has 0 fully saturated rings. The summed E-state index contributed by atoms with van der Waals surface area (Å²) in [6, 6.07) is 6.19. The van der Waals surface area contributed by atoms with Crippen molar-refractivity contribution in [1.29, 1.82) is 0 Å². The molecule has 0 aliphatic rings. The first-order valence-corrected chi connectivity index (χ1v) is 5.46. The Morgan fingerprint density at radius 2 is 2.11 bits per heavy atom. The molecule has 2 N–H and O–H groups in total. The van der Waals surface area contributed by atoms with E-state index < -0.39 is 5.82 Å². The second kappa shape index (κ2) is 8.72. The number of rotatable bonds is 6. The SMILES string of the molecule is CNCC(=O)NCC(C)Oc1ccccc1F.Cl. The van der Waals surface area contributed by atoms with Crippen molar-refractivity contribution in [3.8, 4) is 5.75 Å². The van der Waals surface area contributed by atoms with Gasteiger partial charge in [0, 0.05) is 0 Å². The van der Waals surface area contributed by atoms with E-state index in [1.807, 2.05) is 0 Å². The minimum absolute atomic E-state index is 0. The molecule has 0 saturated heterocycles. The molecule has 18 heavy (non-hydrogen) atoms. The molecule has 0 spiro atoms. The molecule has 1 atom stereocenters. The van der Waals surface area contributed by atoms with Gasteiger partial charge in [0.25, 0.3) is 0 Å². The van der Waals surface area contributed by atoms with E-state index in [-0.39, 0.29) is 36.7 Å². The quantitative estimate of drug-likeness (QED) is 0.825. The van der Waals surface area contributed by atoms with Gasteiger partial charge in [-0.2, -0.15) is 0 Å². The third-order valence-electron chi connectivity index (χ3n) is 2.09. The van der Waals surface area contributed by atoms with Gasteiger partial charge in [-0.1, -0.05) is 12.1 Å². The third kappa shape index (κ3) is 5.84. The largest absolute Gasteiger partial charge is 0.486 e. The third-order valence-corrected chi connectivity index (χ3v) is 2.09. The molecule has 4 nitrogen and oxygen atoms in total. The van der Waals surface area contributed by atoms with Crippen LogP contribution >= 0.6 is 12.4 Å². The highest BCUT2D eigenvalue weighted by Crippen LogP contribution is 2.16. The maximum atomic E-state index is 13.2. The molecule has 1 unspecified atom stereocenters. The van der Waals surface area contributed by atoms with E-state index in [0.717, 1.165) is 0 Å². The van der Waals surface area contributed by atoms with Crippen LogP contribution in [-0.2, 0) is 4.79 Å². The number of amides is 1. The first kappa shape index (κ1) is 16.7. The molecule has 1 rings (SSSR count). The zero-order valence-electron chi connectivity index (χ0n) is 10.4. The van der Waals surface area contributed by atoms with Crippen LogP contribution in [0.4, 0.5) is 4.39 Å². The number of hydrogen-bond acceptors (Lipinski definition) is 3. The molecular formula is C12H18ClFN2O2. The Hall–Kier alpha value is -1.33. The molecule has 6 heteroatoms. The Kier molecular flexibility index (Phi) is 8.07. The van der Waals surface area contributed by atoms with Gasteiger partial charge in [-0.15, -0.1) is 12.4 Å². The highest BCUT2D eigenvalue weighted by molar-refractivity contribution is 5.85. The van der Waals surface area contributed by atoms with Gasteiger partial charge < -0.3 is 15.4 Å². The molecule has 1 amide bonds. The molecule has 102 valence electrons. The summed E-state index contributed by atoms with van der Waals surface area (Å²) >= 11 is 0. The average Bonchev–Trinajstić information content (AvgIpc) is 2.30. The van der Waals surface area contributed by atoms with E-state index in [4.69, 9.17) is 4.74 Å². The van der Waals surface area contributed by atoms with Crippen molar-refractivity contribution in [1.82, 2.24) is 10.6 Å². The number of halogens is 2. The molecule has 0 aliphatic heterocycles. The van der Waals surface area contributed by atoms with Crippen LogP contribution in [0.1, 0.15) is 6.92 Å². The monoisotopic (exact) mass is 276 g/mol. The van der Waals surface area contributed by atoms with Gasteiger partial charge in [0.2, 0.25) is 5.91 Å². The Balaban J connectivity index is 0.00000289. The van der Waals surface area contributed by atoms with Gasteiger partial charge in [-0.05, 0) is 26.1 Å². The minimum atomic E-state index is -0.402. The van der Waals surface area contributed by atoms with Crippen LogP contribution in [0.25, 0.3) is 0 Å². The molecule has 0 aliphatic carbocycles. The number of para-hydroxylation sites is 1. The standard InChI is InChI=1S/C12H17FN2O2.ClH/c1-9(7-15-12(16)8-14-2)17-11-6-4-3-5-10(11)13;/h3-6,9,14H,7-8H2,1-2H3,(H,15,16);1H. The van der Waals surface area contributed by atoms with Crippen molar-refractivity contribution in [2.75, 3.05) is 20.1 Å². The summed E-state index contributed by atoms with van der Waals surface area (Å²) in [6.07, 6.45) is -0.285. The lowest BCUT2D eigenvalue weighted by atomic mass is 10.3. The van der Waals surface area contributed by atoms with Crippen LogP contribution in [0.3, 0.4) is 0 Å². The van der Waals surface area contributed by atoms with Gasteiger partial charge in [0.05, 0.1) is 13.1 Å². The van der Waals surface area contributed by atoms with Crippen LogP contribution in [0.2, 0.25) is 0 Å². The number of carbonyl (C=O) groups excluding carboxylic acids is 1. The van der Waals surface area contributed by atoms with E-state index >= 15 is 0 Å². The number of carbonyl (C=O) groups is 1. The molecule has 0 bridgehead atoms. The van der Waals surface area contributed by atoms with E-state index in [2.05, 4.69) is 10.6 Å². The fourth-order valence-corrected chi connectivity index (χ4v) is 1.28. The van der Waals surface area contributed by atoms with E-state index in [1.165, 1.54) is 6.07 Å². The highest BCUT2D eigenvalue weighted by Gasteiger charge is 2.08. The molecule has 0 saturated carbocycles. The van der Waals surface area contributed by atoms with Gasteiger partial charge in [-0.3, -0.25) is 4.79 Å². The minimum Gasteiger partial charge on any atom is -0.486 e. The Morgan fingerprint density at radius 3 is 2.72 bits per heavy atom. The van der Waals surface area contributed by atoms with Gasteiger partial charge in [-0.25, -0.2) is 4.39 Å². The first-order valence-electron chi connectivity index (χ1n) is 5.46. The number of ether oxygens (including phenoxy) is 1. The Morgan fingerprint density at radius 1 is 1.44 bits per heavy atom. The summed E-state index contributed by atoms with van der Waals surface area (Å²) < 4.78 is 18.6. The summed E-state index contributed by atoms with van der Waals surface area (Å²) in [5, 5.41) is 5.41. The van der Waals surface area contributed by atoms with Crippen LogP contribution in [0.15, 0.2) is 24.3 Å². The predicted molar refractivity (Wildman–Crippen MR) is 70.7 cm³/mol. The van der Waals surface area contributed by atoms with Gasteiger partial charge in [0.1, 0.15) is 6.10 Å². The van der Waals surface area contributed by atoms with Crippen LogP contribution < -0.4 is 15.4 Å². The second-order valence-electron chi connectivity index (χ2n) is 3.69. The number of benzene rings is 1. The molecular weight excluding hydrogens is 259 g/mol.